The third-order valence-corrected chi connectivity index (χ3v) is 5.02. The van der Waals surface area contributed by atoms with Crippen LogP contribution in [0.15, 0.2) is 0 Å². The van der Waals surface area contributed by atoms with E-state index in [-0.39, 0.29) is 11.7 Å². The normalized spacial score (nSPS) is 35.9. The van der Waals surface area contributed by atoms with E-state index < -0.39 is 0 Å². The van der Waals surface area contributed by atoms with Gasteiger partial charge in [-0.25, -0.2) is 0 Å². The lowest BCUT2D eigenvalue weighted by Gasteiger charge is -2.46. The first kappa shape index (κ1) is 14.7. The highest BCUT2D eigenvalue weighted by Gasteiger charge is 2.43. The minimum absolute atomic E-state index is 0.0474. The average Bonchev–Trinajstić information content (AvgIpc) is 2.50. The SMILES string of the molecule is CNC(C1CCOC2(CCOCC2)C1)C1COCCO1. The van der Waals surface area contributed by atoms with Crippen LogP contribution < -0.4 is 5.32 Å². The molecular formula is C15H27NO4. The largest absolute Gasteiger partial charge is 0.381 e. The van der Waals surface area contributed by atoms with Gasteiger partial charge < -0.3 is 24.3 Å². The van der Waals surface area contributed by atoms with Crippen LogP contribution in [0.3, 0.4) is 0 Å². The van der Waals surface area contributed by atoms with Crippen LogP contribution in [0.4, 0.5) is 0 Å². The Morgan fingerprint density at radius 2 is 1.90 bits per heavy atom. The summed E-state index contributed by atoms with van der Waals surface area (Å²) < 4.78 is 23.1. The minimum Gasteiger partial charge on any atom is -0.381 e. The molecule has 5 nitrogen and oxygen atoms in total. The van der Waals surface area contributed by atoms with E-state index in [0.717, 1.165) is 52.1 Å². The van der Waals surface area contributed by atoms with Crippen molar-refractivity contribution in [1.82, 2.24) is 5.32 Å². The number of ether oxygens (including phenoxy) is 4. The Bertz CT molecular complexity index is 295. The Morgan fingerprint density at radius 1 is 1.05 bits per heavy atom. The maximum Gasteiger partial charge on any atom is 0.0964 e. The molecule has 3 aliphatic rings. The van der Waals surface area contributed by atoms with Crippen LogP contribution in [0.1, 0.15) is 25.7 Å². The molecule has 3 saturated heterocycles. The van der Waals surface area contributed by atoms with Crippen LogP contribution in [0, 0.1) is 5.92 Å². The van der Waals surface area contributed by atoms with Crippen LogP contribution >= 0.6 is 0 Å². The highest BCUT2D eigenvalue weighted by Crippen LogP contribution is 2.39. The molecule has 0 amide bonds. The molecule has 3 rings (SSSR count). The summed E-state index contributed by atoms with van der Waals surface area (Å²) in [6.07, 6.45) is 4.45. The zero-order valence-electron chi connectivity index (χ0n) is 12.4. The fraction of sp³-hybridized carbons (Fsp3) is 1.00. The highest BCUT2D eigenvalue weighted by molar-refractivity contribution is 4.95. The smallest absolute Gasteiger partial charge is 0.0964 e. The molecule has 3 atom stereocenters. The second-order valence-corrected chi connectivity index (χ2v) is 6.20. The van der Waals surface area contributed by atoms with E-state index in [2.05, 4.69) is 5.32 Å². The Kier molecular flexibility index (Phi) is 4.94. The van der Waals surface area contributed by atoms with E-state index in [9.17, 15) is 0 Å². The second-order valence-electron chi connectivity index (χ2n) is 6.20. The van der Waals surface area contributed by atoms with Crippen molar-refractivity contribution >= 4 is 0 Å². The first-order valence-electron chi connectivity index (χ1n) is 7.91. The van der Waals surface area contributed by atoms with Crippen molar-refractivity contribution in [1.29, 1.82) is 0 Å². The van der Waals surface area contributed by atoms with E-state index in [0.29, 0.717) is 25.2 Å². The van der Waals surface area contributed by atoms with Gasteiger partial charge in [0.05, 0.1) is 31.5 Å². The Balaban J connectivity index is 1.64. The summed E-state index contributed by atoms with van der Waals surface area (Å²) in [5.41, 5.74) is 0.0474. The van der Waals surface area contributed by atoms with Crippen LogP contribution in [-0.4, -0.2) is 64.4 Å². The lowest BCUT2D eigenvalue weighted by molar-refractivity contribution is -0.163. The summed E-state index contributed by atoms with van der Waals surface area (Å²) in [6.45, 7) is 4.67. The zero-order chi connectivity index (χ0) is 13.8. The van der Waals surface area contributed by atoms with Gasteiger partial charge in [0.1, 0.15) is 0 Å². The molecule has 3 aliphatic heterocycles. The summed E-state index contributed by atoms with van der Waals surface area (Å²) in [5, 5.41) is 3.47. The summed E-state index contributed by atoms with van der Waals surface area (Å²) in [7, 11) is 2.04. The van der Waals surface area contributed by atoms with Gasteiger partial charge in [0, 0.05) is 25.9 Å². The van der Waals surface area contributed by atoms with Gasteiger partial charge in [-0.3, -0.25) is 0 Å². The van der Waals surface area contributed by atoms with E-state index in [1.54, 1.807) is 0 Å². The molecule has 0 aliphatic carbocycles. The minimum atomic E-state index is 0.0474. The third-order valence-electron chi connectivity index (χ3n) is 5.02. The molecule has 0 radical (unpaired) electrons. The predicted molar refractivity (Wildman–Crippen MR) is 74.9 cm³/mol. The van der Waals surface area contributed by atoms with E-state index >= 15 is 0 Å². The average molecular weight is 285 g/mol. The van der Waals surface area contributed by atoms with Gasteiger partial charge in [-0.1, -0.05) is 0 Å². The molecule has 1 N–H and O–H groups in total. The first-order valence-corrected chi connectivity index (χ1v) is 7.91. The number of rotatable bonds is 3. The van der Waals surface area contributed by atoms with Crippen molar-refractivity contribution in [3.8, 4) is 0 Å². The number of hydrogen-bond acceptors (Lipinski definition) is 5. The molecule has 20 heavy (non-hydrogen) atoms. The van der Waals surface area contributed by atoms with Crippen molar-refractivity contribution < 1.29 is 18.9 Å². The number of hydrogen-bond donors (Lipinski definition) is 1. The summed E-state index contributed by atoms with van der Waals surface area (Å²) in [5.74, 6) is 0.596. The molecule has 0 saturated carbocycles. The molecule has 0 aromatic carbocycles. The van der Waals surface area contributed by atoms with Crippen LogP contribution in [0.25, 0.3) is 0 Å². The maximum atomic E-state index is 6.14. The molecule has 3 unspecified atom stereocenters. The fourth-order valence-corrected chi connectivity index (χ4v) is 3.90. The van der Waals surface area contributed by atoms with Gasteiger partial charge in [-0.05, 0) is 38.6 Å². The van der Waals surface area contributed by atoms with E-state index in [1.165, 1.54) is 0 Å². The summed E-state index contributed by atoms with van der Waals surface area (Å²) >= 11 is 0. The molecule has 3 fully saturated rings. The Labute approximate surface area is 121 Å². The van der Waals surface area contributed by atoms with Gasteiger partial charge in [-0.15, -0.1) is 0 Å². The maximum absolute atomic E-state index is 6.14. The van der Waals surface area contributed by atoms with Crippen LogP contribution in [-0.2, 0) is 18.9 Å². The first-order chi connectivity index (χ1) is 9.83. The standard InChI is InChI=1S/C15H27NO4/c1-16-14(13-11-18-8-9-19-13)12-2-5-20-15(10-12)3-6-17-7-4-15/h12-14,16H,2-11H2,1H3. The fourth-order valence-electron chi connectivity index (χ4n) is 3.90. The molecule has 5 heteroatoms. The van der Waals surface area contributed by atoms with Crippen molar-refractivity contribution in [3.63, 3.8) is 0 Å². The Hall–Kier alpha value is -0.200. The van der Waals surface area contributed by atoms with Gasteiger partial charge in [-0.2, -0.15) is 0 Å². The molecule has 0 aromatic heterocycles. The second kappa shape index (κ2) is 6.71. The molecule has 3 heterocycles. The van der Waals surface area contributed by atoms with Crippen molar-refractivity contribution in [2.45, 2.75) is 43.4 Å². The predicted octanol–water partition coefficient (Wildman–Crippen LogP) is 0.966. The summed E-state index contributed by atoms with van der Waals surface area (Å²) in [6, 6.07) is 0.360. The topological polar surface area (TPSA) is 49.0 Å². The van der Waals surface area contributed by atoms with Crippen LogP contribution in [0.5, 0.6) is 0 Å². The van der Waals surface area contributed by atoms with Gasteiger partial charge in [0.15, 0.2) is 0 Å². The van der Waals surface area contributed by atoms with Gasteiger partial charge in [0.2, 0.25) is 0 Å². The van der Waals surface area contributed by atoms with Gasteiger partial charge >= 0.3 is 0 Å². The highest BCUT2D eigenvalue weighted by atomic mass is 16.6. The van der Waals surface area contributed by atoms with Crippen molar-refractivity contribution in [3.05, 3.63) is 0 Å². The lowest BCUT2D eigenvalue weighted by atomic mass is 9.76. The quantitative estimate of drug-likeness (QED) is 0.837. The van der Waals surface area contributed by atoms with Crippen molar-refractivity contribution in [2.75, 3.05) is 46.7 Å². The van der Waals surface area contributed by atoms with E-state index in [1.807, 2.05) is 7.05 Å². The molecule has 0 aromatic rings. The van der Waals surface area contributed by atoms with Crippen molar-refractivity contribution in [2.24, 2.45) is 5.92 Å². The molecule has 0 bridgehead atoms. The third kappa shape index (κ3) is 3.17. The molecule has 116 valence electrons. The van der Waals surface area contributed by atoms with Gasteiger partial charge in [0.25, 0.3) is 0 Å². The Morgan fingerprint density at radius 3 is 2.60 bits per heavy atom. The molecular weight excluding hydrogens is 258 g/mol. The summed E-state index contributed by atoms with van der Waals surface area (Å²) in [4.78, 5) is 0. The zero-order valence-corrected chi connectivity index (χ0v) is 12.4. The van der Waals surface area contributed by atoms with E-state index in [4.69, 9.17) is 18.9 Å². The van der Waals surface area contributed by atoms with Crippen LogP contribution in [0.2, 0.25) is 0 Å². The lowest BCUT2D eigenvalue weighted by Crippen LogP contribution is -2.54. The number of likely N-dealkylation sites (N-methyl/N-ethyl adjacent to an activating group) is 1. The molecule has 1 spiro atoms. The monoisotopic (exact) mass is 285 g/mol. The number of nitrogens with one attached hydrogen (secondary N) is 1.